The van der Waals surface area contributed by atoms with Crippen LogP contribution in [0.15, 0.2) is 67.0 Å². The number of carboxylic acid groups (broad SMARTS) is 1. The van der Waals surface area contributed by atoms with E-state index in [1.165, 1.54) is 0 Å². The fraction of sp³-hybridized carbons (Fsp3) is 0.240. The summed E-state index contributed by atoms with van der Waals surface area (Å²) in [4.78, 5) is 28.1. The molecule has 2 aromatic carbocycles. The van der Waals surface area contributed by atoms with E-state index in [4.69, 9.17) is 16.3 Å². The summed E-state index contributed by atoms with van der Waals surface area (Å²) in [5.74, 6) is 0.316. The topological polar surface area (TPSA) is 79.7 Å². The molecule has 1 atom stereocenters. The highest BCUT2D eigenvalue weighted by atomic mass is 35.5. The Morgan fingerprint density at radius 2 is 2.06 bits per heavy atom. The molecule has 6 nitrogen and oxygen atoms in total. The van der Waals surface area contributed by atoms with Gasteiger partial charge in [-0.25, -0.2) is 4.79 Å². The molecule has 1 aliphatic rings. The van der Waals surface area contributed by atoms with E-state index in [1.807, 2.05) is 37.3 Å². The number of hydrogen-bond acceptors (Lipinski definition) is 4. The summed E-state index contributed by atoms with van der Waals surface area (Å²) in [5, 5.41) is 10.3. The number of carboxylic acids is 1. The van der Waals surface area contributed by atoms with Crippen molar-refractivity contribution in [2.45, 2.75) is 25.7 Å². The molecule has 0 saturated carbocycles. The average Bonchev–Trinajstić information content (AvgIpc) is 3.29. The van der Waals surface area contributed by atoms with Gasteiger partial charge in [0.2, 0.25) is 6.41 Å². The lowest BCUT2D eigenvalue weighted by Gasteiger charge is -2.16. The van der Waals surface area contributed by atoms with Crippen LogP contribution >= 0.6 is 11.6 Å². The number of aryl methyl sites for hydroxylation is 1. The summed E-state index contributed by atoms with van der Waals surface area (Å²) < 4.78 is 5.92. The van der Waals surface area contributed by atoms with E-state index < -0.39 is 5.97 Å². The van der Waals surface area contributed by atoms with Crippen LogP contribution in [-0.2, 0) is 11.2 Å². The number of carbonyl (C=O) groups is 2. The molecule has 4 rings (SSSR count). The lowest BCUT2D eigenvalue weighted by atomic mass is 9.93. The molecule has 7 heteroatoms. The molecular weight excluding hydrogens is 428 g/mol. The van der Waals surface area contributed by atoms with Crippen molar-refractivity contribution in [2.75, 3.05) is 13.1 Å². The number of aromatic nitrogens is 1. The Morgan fingerprint density at radius 1 is 1.25 bits per heavy atom. The highest BCUT2D eigenvalue weighted by Gasteiger charge is 2.27. The van der Waals surface area contributed by atoms with Gasteiger partial charge >= 0.3 is 5.97 Å². The summed E-state index contributed by atoms with van der Waals surface area (Å²) >= 11 is 5.48. The van der Waals surface area contributed by atoms with Crippen LogP contribution in [0.1, 0.15) is 40.7 Å². The van der Waals surface area contributed by atoms with Crippen LogP contribution in [0.2, 0.25) is 5.02 Å². The van der Waals surface area contributed by atoms with Crippen LogP contribution in [0.25, 0.3) is 0 Å². The van der Waals surface area contributed by atoms with E-state index in [-0.39, 0.29) is 11.5 Å². The highest BCUT2D eigenvalue weighted by molar-refractivity contribution is 6.30. The molecule has 32 heavy (non-hydrogen) atoms. The fourth-order valence-electron chi connectivity index (χ4n) is 3.64. The monoisotopic (exact) mass is 452 g/mol. The Balaban J connectivity index is 0.000000352. The van der Waals surface area contributed by atoms with Gasteiger partial charge in [0.1, 0.15) is 11.5 Å². The second-order valence-corrected chi connectivity index (χ2v) is 7.81. The van der Waals surface area contributed by atoms with Crippen molar-refractivity contribution < 1.29 is 19.4 Å². The second kappa shape index (κ2) is 11.3. The minimum Gasteiger partial charge on any atom is -0.478 e. The first-order chi connectivity index (χ1) is 15.5. The molecule has 1 unspecified atom stereocenters. The number of benzene rings is 2. The lowest BCUT2D eigenvalue weighted by Crippen LogP contribution is -2.18. The number of likely N-dealkylation sites (tertiary alicyclic amines) is 1. The largest absolute Gasteiger partial charge is 0.478 e. The van der Waals surface area contributed by atoms with Gasteiger partial charge in [-0.05, 0) is 54.3 Å². The molecule has 1 saturated heterocycles. The molecule has 166 valence electrons. The van der Waals surface area contributed by atoms with Gasteiger partial charge in [-0.15, -0.1) is 0 Å². The molecule has 1 aliphatic heterocycles. The van der Waals surface area contributed by atoms with Crippen molar-refractivity contribution in [3.63, 3.8) is 0 Å². The van der Waals surface area contributed by atoms with Crippen LogP contribution in [0.4, 0.5) is 0 Å². The Morgan fingerprint density at radius 3 is 2.66 bits per heavy atom. The van der Waals surface area contributed by atoms with Gasteiger partial charge in [0, 0.05) is 31.4 Å². The van der Waals surface area contributed by atoms with Gasteiger partial charge in [-0.3, -0.25) is 9.78 Å². The third-order valence-corrected chi connectivity index (χ3v) is 5.49. The number of amides is 1. The molecule has 1 amide bonds. The summed E-state index contributed by atoms with van der Waals surface area (Å²) in [5.41, 5.74) is 2.07. The van der Waals surface area contributed by atoms with E-state index in [1.54, 1.807) is 41.6 Å². The Kier molecular flexibility index (Phi) is 8.22. The number of nitrogens with zero attached hydrogens (tertiary/aromatic N) is 2. The molecule has 1 aromatic heterocycles. The van der Waals surface area contributed by atoms with Crippen molar-refractivity contribution in [3.8, 4) is 11.5 Å². The normalized spacial score (nSPS) is 14.9. The Hall–Kier alpha value is -3.38. The maximum absolute atomic E-state index is 11.7. The zero-order chi connectivity index (χ0) is 22.9. The first-order valence-corrected chi connectivity index (χ1v) is 10.8. The van der Waals surface area contributed by atoms with E-state index in [2.05, 4.69) is 4.98 Å². The summed E-state index contributed by atoms with van der Waals surface area (Å²) in [6.45, 7) is 3.27. The lowest BCUT2D eigenvalue weighted by molar-refractivity contribution is -0.117. The number of rotatable bonds is 6. The Labute approximate surface area is 192 Å². The minimum atomic E-state index is -0.978. The quantitative estimate of drug-likeness (QED) is 0.505. The van der Waals surface area contributed by atoms with Crippen molar-refractivity contribution in [2.24, 2.45) is 0 Å². The zero-order valence-corrected chi connectivity index (χ0v) is 18.5. The average molecular weight is 453 g/mol. The molecule has 0 radical (unpaired) electrons. The van der Waals surface area contributed by atoms with Crippen molar-refractivity contribution >= 4 is 24.0 Å². The predicted molar refractivity (Wildman–Crippen MR) is 124 cm³/mol. The van der Waals surface area contributed by atoms with Gasteiger partial charge in [-0.1, -0.05) is 42.8 Å². The minimum absolute atomic E-state index is 0.0493. The number of para-hydroxylation sites is 1. The Bertz CT molecular complexity index is 1060. The molecular formula is C25H25ClN2O4. The molecule has 1 N–H and O–H groups in total. The van der Waals surface area contributed by atoms with Crippen molar-refractivity contribution in [3.05, 3.63) is 88.7 Å². The maximum Gasteiger partial charge on any atom is 0.336 e. The first kappa shape index (κ1) is 23.3. The van der Waals surface area contributed by atoms with Gasteiger partial charge in [0.15, 0.2) is 0 Å². The molecule has 3 aromatic rings. The molecule has 1 fully saturated rings. The summed E-state index contributed by atoms with van der Waals surface area (Å²) in [6, 6.07) is 16.5. The summed E-state index contributed by atoms with van der Waals surface area (Å²) in [7, 11) is 0. The number of hydrogen-bond donors (Lipinski definition) is 1. The number of carbonyl (C=O) groups excluding carboxylic acids is 1. The van der Waals surface area contributed by atoms with Crippen LogP contribution in [0.5, 0.6) is 11.5 Å². The molecule has 0 spiro atoms. The smallest absolute Gasteiger partial charge is 0.336 e. The van der Waals surface area contributed by atoms with E-state index in [0.717, 1.165) is 36.1 Å². The highest BCUT2D eigenvalue weighted by Crippen LogP contribution is 2.33. The van der Waals surface area contributed by atoms with Crippen LogP contribution < -0.4 is 4.74 Å². The van der Waals surface area contributed by atoms with Crippen molar-refractivity contribution in [1.29, 1.82) is 0 Å². The van der Waals surface area contributed by atoms with Crippen LogP contribution in [0.3, 0.4) is 0 Å². The zero-order valence-electron chi connectivity index (χ0n) is 17.8. The van der Waals surface area contributed by atoms with Crippen LogP contribution in [-0.4, -0.2) is 40.5 Å². The molecule has 2 heterocycles. The molecule has 0 bridgehead atoms. The van der Waals surface area contributed by atoms with Gasteiger partial charge in [0.05, 0.1) is 10.6 Å². The fourth-order valence-corrected chi connectivity index (χ4v) is 3.77. The third kappa shape index (κ3) is 6.08. The standard InChI is InChI=1S/C20H21NO4.C5H4ClN/c1-2-14-5-3-4-6-19(14)25-16-7-8-17(18(11-16)20(23)24)15-9-10-21(12-15)13-22;6-5-2-1-3-7-4-5/h3-8,11,13,15H,2,9-10,12H2,1H3,(H,23,24);1-4H. The third-order valence-electron chi connectivity index (χ3n) is 5.27. The van der Waals surface area contributed by atoms with Crippen molar-refractivity contribution in [1.82, 2.24) is 9.88 Å². The first-order valence-electron chi connectivity index (χ1n) is 10.4. The van der Waals surface area contributed by atoms with Gasteiger partial charge in [-0.2, -0.15) is 0 Å². The maximum atomic E-state index is 11.7. The number of halogens is 1. The van der Waals surface area contributed by atoms with E-state index in [9.17, 15) is 14.7 Å². The number of ether oxygens (including phenoxy) is 1. The number of pyridine rings is 1. The number of aromatic carboxylic acids is 1. The van der Waals surface area contributed by atoms with Gasteiger partial charge in [0.25, 0.3) is 0 Å². The predicted octanol–water partition coefficient (Wildman–Crippen LogP) is 5.42. The van der Waals surface area contributed by atoms with Crippen LogP contribution in [0, 0.1) is 0 Å². The SMILES string of the molecule is CCc1ccccc1Oc1ccc(C2CCN(C=O)C2)c(C(=O)O)c1.Clc1cccnc1. The summed E-state index contributed by atoms with van der Waals surface area (Å²) in [6.07, 6.45) is 5.72. The molecule has 0 aliphatic carbocycles. The second-order valence-electron chi connectivity index (χ2n) is 7.37. The van der Waals surface area contributed by atoms with E-state index in [0.29, 0.717) is 23.9 Å². The van der Waals surface area contributed by atoms with Gasteiger partial charge < -0.3 is 14.7 Å². The van der Waals surface area contributed by atoms with E-state index >= 15 is 0 Å².